The summed E-state index contributed by atoms with van der Waals surface area (Å²) in [6.45, 7) is 10.8. The lowest BCUT2D eigenvalue weighted by atomic mass is 9.81. The Balaban J connectivity index is 1.86. The summed E-state index contributed by atoms with van der Waals surface area (Å²) in [6.07, 6.45) is 9.39. The summed E-state index contributed by atoms with van der Waals surface area (Å²) in [4.78, 5) is 16.3. The largest absolute Gasteiger partial charge is 0.474 e. The monoisotopic (exact) mass is 443 g/mol. The third-order valence-corrected chi connectivity index (χ3v) is 6.76. The summed E-state index contributed by atoms with van der Waals surface area (Å²) < 4.78 is 6.37. The van der Waals surface area contributed by atoms with Crippen LogP contribution in [-0.4, -0.2) is 71.3 Å². The van der Waals surface area contributed by atoms with Gasteiger partial charge in [-0.2, -0.15) is 0 Å². The molecule has 3 rings (SSSR count). The number of hydrogen-bond acceptors (Lipinski definition) is 7. The van der Waals surface area contributed by atoms with E-state index in [1.165, 1.54) is 0 Å². The van der Waals surface area contributed by atoms with Crippen LogP contribution in [0.3, 0.4) is 0 Å². The average molecular weight is 444 g/mol. The summed E-state index contributed by atoms with van der Waals surface area (Å²) in [5, 5.41) is 13.4. The molecular formula is C25H41N5O2. The molecule has 32 heavy (non-hydrogen) atoms. The van der Waals surface area contributed by atoms with E-state index in [1.54, 1.807) is 7.05 Å². The minimum atomic E-state index is -0.198. The number of nitrogens with zero attached hydrogens (tertiary/aromatic N) is 4. The maximum absolute atomic E-state index is 9.95. The van der Waals surface area contributed by atoms with Gasteiger partial charge in [-0.1, -0.05) is 19.9 Å². The van der Waals surface area contributed by atoms with Crippen molar-refractivity contribution >= 4 is 17.4 Å². The number of aliphatic hydroxyl groups is 1. The van der Waals surface area contributed by atoms with Gasteiger partial charge < -0.3 is 20.1 Å². The standard InChI is InChI=1S/C25H41N5O2/c1-6-7-17(2)28-25-27-16-22(24(26-4)32-21-12-14-30(5)15-13-21)23(29-25)18(3)19-8-10-20(31)11-9-19/h16-17,19-21,31H,3,6-15H2,1-2,4-5H3,(H,27,28,29)/b26-24+/t17-,19-,20-/m0/s1. The molecule has 2 fully saturated rings. The van der Waals surface area contributed by atoms with Crippen molar-refractivity contribution < 1.29 is 9.84 Å². The Labute approximate surface area is 193 Å². The van der Waals surface area contributed by atoms with E-state index >= 15 is 0 Å². The number of aliphatic imine (C=N–C) groups is 1. The molecule has 1 saturated heterocycles. The molecule has 1 aromatic rings. The van der Waals surface area contributed by atoms with Crippen molar-refractivity contribution in [3.63, 3.8) is 0 Å². The molecule has 7 heteroatoms. The van der Waals surface area contributed by atoms with Crippen molar-refractivity contribution in [1.29, 1.82) is 0 Å². The van der Waals surface area contributed by atoms with Crippen LogP contribution in [-0.2, 0) is 4.74 Å². The Morgan fingerprint density at radius 1 is 1.28 bits per heavy atom. The fraction of sp³-hybridized carbons (Fsp3) is 0.720. The van der Waals surface area contributed by atoms with Gasteiger partial charge in [0.15, 0.2) is 0 Å². The van der Waals surface area contributed by atoms with Gasteiger partial charge in [0.05, 0.1) is 17.4 Å². The molecular weight excluding hydrogens is 402 g/mol. The third kappa shape index (κ3) is 6.51. The first-order chi connectivity index (χ1) is 15.4. The molecule has 0 amide bonds. The lowest BCUT2D eigenvalue weighted by Crippen LogP contribution is -2.35. The van der Waals surface area contributed by atoms with E-state index in [1.807, 2.05) is 6.20 Å². The Hall–Kier alpha value is -1.99. The van der Waals surface area contributed by atoms with Gasteiger partial charge in [0.25, 0.3) is 0 Å². The number of nitrogens with one attached hydrogen (secondary N) is 1. The van der Waals surface area contributed by atoms with E-state index in [0.717, 1.165) is 81.3 Å². The first-order valence-electron chi connectivity index (χ1n) is 12.2. The Kier molecular flexibility index (Phi) is 9.05. The van der Waals surface area contributed by atoms with Crippen molar-refractivity contribution in [2.45, 2.75) is 83.5 Å². The lowest BCUT2D eigenvalue weighted by molar-refractivity contribution is 0.105. The fourth-order valence-electron chi connectivity index (χ4n) is 4.69. The zero-order valence-electron chi connectivity index (χ0n) is 20.3. The minimum Gasteiger partial charge on any atom is -0.474 e. The molecule has 2 aliphatic rings. The Morgan fingerprint density at radius 2 is 1.97 bits per heavy atom. The summed E-state index contributed by atoms with van der Waals surface area (Å²) in [5.41, 5.74) is 2.63. The van der Waals surface area contributed by atoms with Crippen LogP contribution < -0.4 is 5.32 Å². The second kappa shape index (κ2) is 11.8. The summed E-state index contributed by atoms with van der Waals surface area (Å²) in [6, 6.07) is 0.298. The van der Waals surface area contributed by atoms with Crippen LogP contribution in [0.1, 0.15) is 76.5 Å². The van der Waals surface area contributed by atoms with Crippen molar-refractivity contribution in [2.24, 2.45) is 10.9 Å². The van der Waals surface area contributed by atoms with E-state index < -0.39 is 0 Å². The molecule has 2 heterocycles. The quantitative estimate of drug-likeness (QED) is 0.464. The number of ether oxygens (including phenoxy) is 1. The first kappa shape index (κ1) is 24.6. The molecule has 178 valence electrons. The molecule has 1 aliphatic heterocycles. The number of anilines is 1. The third-order valence-electron chi connectivity index (χ3n) is 6.76. The summed E-state index contributed by atoms with van der Waals surface area (Å²) >= 11 is 0. The summed E-state index contributed by atoms with van der Waals surface area (Å²) in [7, 11) is 3.91. The van der Waals surface area contributed by atoms with Gasteiger partial charge in [0.2, 0.25) is 11.8 Å². The van der Waals surface area contributed by atoms with E-state index in [9.17, 15) is 5.11 Å². The highest BCUT2D eigenvalue weighted by atomic mass is 16.5. The van der Waals surface area contributed by atoms with Gasteiger partial charge in [0, 0.05) is 32.4 Å². The van der Waals surface area contributed by atoms with Crippen LogP contribution in [0, 0.1) is 5.92 Å². The molecule has 1 aliphatic carbocycles. The fourth-order valence-corrected chi connectivity index (χ4v) is 4.69. The number of likely N-dealkylation sites (tertiary alicyclic amines) is 1. The smallest absolute Gasteiger partial charge is 0.223 e. The van der Waals surface area contributed by atoms with Crippen molar-refractivity contribution in [3.8, 4) is 0 Å². The van der Waals surface area contributed by atoms with E-state index in [4.69, 9.17) is 9.72 Å². The highest BCUT2D eigenvalue weighted by molar-refractivity contribution is 5.98. The molecule has 7 nitrogen and oxygen atoms in total. The number of aliphatic hydroxyl groups excluding tert-OH is 1. The van der Waals surface area contributed by atoms with Gasteiger partial charge in [-0.25, -0.2) is 9.97 Å². The van der Waals surface area contributed by atoms with Crippen molar-refractivity contribution in [1.82, 2.24) is 14.9 Å². The topological polar surface area (TPSA) is 82.9 Å². The molecule has 0 aromatic carbocycles. The maximum Gasteiger partial charge on any atom is 0.223 e. The Bertz CT molecular complexity index is 781. The molecule has 2 N–H and O–H groups in total. The van der Waals surface area contributed by atoms with Gasteiger partial charge in [0.1, 0.15) is 6.10 Å². The molecule has 0 bridgehead atoms. The van der Waals surface area contributed by atoms with Gasteiger partial charge in [-0.15, -0.1) is 0 Å². The van der Waals surface area contributed by atoms with Gasteiger partial charge in [-0.3, -0.25) is 4.99 Å². The van der Waals surface area contributed by atoms with E-state index in [2.05, 4.69) is 47.7 Å². The van der Waals surface area contributed by atoms with Crippen LogP contribution in [0.5, 0.6) is 0 Å². The lowest BCUT2D eigenvalue weighted by Gasteiger charge is -2.30. The van der Waals surface area contributed by atoms with Crippen LogP contribution in [0.15, 0.2) is 17.8 Å². The van der Waals surface area contributed by atoms with Crippen LogP contribution >= 0.6 is 0 Å². The average Bonchev–Trinajstić information content (AvgIpc) is 2.79. The van der Waals surface area contributed by atoms with Gasteiger partial charge >= 0.3 is 0 Å². The van der Waals surface area contributed by atoms with Crippen molar-refractivity contribution in [3.05, 3.63) is 24.0 Å². The number of piperidine rings is 1. The molecule has 1 saturated carbocycles. The zero-order chi connectivity index (χ0) is 23.1. The molecule has 0 radical (unpaired) electrons. The number of hydrogen-bond donors (Lipinski definition) is 2. The number of allylic oxidation sites excluding steroid dienone is 1. The Morgan fingerprint density at radius 3 is 2.59 bits per heavy atom. The molecule has 0 spiro atoms. The normalized spacial score (nSPS) is 24.2. The number of aromatic nitrogens is 2. The minimum absolute atomic E-state index is 0.151. The van der Waals surface area contributed by atoms with E-state index in [0.29, 0.717) is 23.8 Å². The van der Waals surface area contributed by atoms with Crippen molar-refractivity contribution in [2.75, 3.05) is 32.5 Å². The predicted octanol–water partition coefficient (Wildman–Crippen LogP) is 4.13. The number of rotatable bonds is 8. The van der Waals surface area contributed by atoms with Crippen LogP contribution in [0.4, 0.5) is 5.95 Å². The maximum atomic E-state index is 9.95. The molecule has 0 unspecified atom stereocenters. The molecule has 1 aromatic heterocycles. The second-order valence-corrected chi connectivity index (χ2v) is 9.47. The highest BCUT2D eigenvalue weighted by Gasteiger charge is 2.28. The summed E-state index contributed by atoms with van der Waals surface area (Å²) in [5.74, 6) is 1.52. The molecule has 1 atom stereocenters. The predicted molar refractivity (Wildman–Crippen MR) is 131 cm³/mol. The van der Waals surface area contributed by atoms with Gasteiger partial charge in [-0.05, 0) is 70.4 Å². The van der Waals surface area contributed by atoms with Crippen LogP contribution in [0.2, 0.25) is 0 Å². The SMILES string of the molecule is C=C(c1nc(N[C@@H](C)CCC)ncc1/C(=N\C)OC1CCN(C)CC1)[C@H]1CC[C@H](O)CC1. The zero-order valence-corrected chi connectivity index (χ0v) is 20.3. The van der Waals surface area contributed by atoms with E-state index in [-0.39, 0.29) is 12.2 Å². The highest BCUT2D eigenvalue weighted by Crippen LogP contribution is 2.35. The van der Waals surface area contributed by atoms with Crippen LogP contribution in [0.25, 0.3) is 5.57 Å². The second-order valence-electron chi connectivity index (χ2n) is 9.47. The first-order valence-corrected chi connectivity index (χ1v) is 12.2.